The van der Waals surface area contributed by atoms with Gasteiger partial charge in [-0.1, -0.05) is 19.3 Å². The fraction of sp³-hybridized carbons (Fsp3) is 1.00. The summed E-state index contributed by atoms with van der Waals surface area (Å²) in [6.45, 7) is 2.24. The summed E-state index contributed by atoms with van der Waals surface area (Å²) in [6, 6.07) is 0.981. The van der Waals surface area contributed by atoms with Crippen LogP contribution in [0.5, 0.6) is 0 Å². The van der Waals surface area contributed by atoms with E-state index in [1.54, 1.807) is 0 Å². The lowest BCUT2D eigenvalue weighted by molar-refractivity contribution is 0.254. The van der Waals surface area contributed by atoms with Crippen LogP contribution in [0.15, 0.2) is 0 Å². The highest BCUT2D eigenvalue weighted by atomic mass is 32.2. The second-order valence-electron chi connectivity index (χ2n) is 5.53. The van der Waals surface area contributed by atoms with Gasteiger partial charge in [-0.05, 0) is 32.1 Å². The Morgan fingerprint density at radius 3 is 2.31 bits per heavy atom. The van der Waals surface area contributed by atoms with E-state index in [9.17, 15) is 8.42 Å². The standard InChI is InChI=1S/C12H23NO2S/c1-10(9-11-3-2-4-11)13-12-5-7-16(14,15)8-6-12/h10-13H,2-9H2,1H3. The van der Waals surface area contributed by atoms with Gasteiger partial charge in [0, 0.05) is 12.1 Å². The maximum absolute atomic E-state index is 11.3. The molecule has 1 saturated carbocycles. The highest BCUT2D eigenvalue weighted by molar-refractivity contribution is 7.91. The molecule has 0 spiro atoms. The Kier molecular flexibility index (Phi) is 3.90. The average molecular weight is 245 g/mol. The zero-order valence-electron chi connectivity index (χ0n) is 10.1. The van der Waals surface area contributed by atoms with E-state index in [1.807, 2.05) is 0 Å². The van der Waals surface area contributed by atoms with Crippen molar-refractivity contribution >= 4 is 9.84 Å². The molecular formula is C12H23NO2S. The first kappa shape index (κ1) is 12.4. The number of rotatable bonds is 4. The van der Waals surface area contributed by atoms with Crippen molar-refractivity contribution in [1.29, 1.82) is 0 Å². The van der Waals surface area contributed by atoms with Gasteiger partial charge in [0.05, 0.1) is 11.5 Å². The second kappa shape index (κ2) is 5.05. The Morgan fingerprint density at radius 2 is 1.81 bits per heavy atom. The predicted octanol–water partition coefficient (Wildman–Crippen LogP) is 1.73. The molecule has 1 aliphatic heterocycles. The molecule has 1 atom stereocenters. The van der Waals surface area contributed by atoms with Gasteiger partial charge in [-0.15, -0.1) is 0 Å². The van der Waals surface area contributed by atoms with Crippen LogP contribution < -0.4 is 5.32 Å². The normalized spacial score (nSPS) is 28.6. The molecule has 1 N–H and O–H groups in total. The fourth-order valence-electron chi connectivity index (χ4n) is 2.76. The first-order valence-corrected chi connectivity index (χ1v) is 8.34. The Morgan fingerprint density at radius 1 is 1.19 bits per heavy atom. The van der Waals surface area contributed by atoms with E-state index in [4.69, 9.17) is 0 Å². The Labute approximate surface area is 98.9 Å². The van der Waals surface area contributed by atoms with Crippen molar-refractivity contribution in [3.05, 3.63) is 0 Å². The van der Waals surface area contributed by atoms with Crippen molar-refractivity contribution in [3.8, 4) is 0 Å². The summed E-state index contributed by atoms with van der Waals surface area (Å²) in [5, 5.41) is 3.59. The Balaban J connectivity index is 1.69. The summed E-state index contributed by atoms with van der Waals surface area (Å²) >= 11 is 0. The molecule has 0 aromatic heterocycles. The van der Waals surface area contributed by atoms with Crippen molar-refractivity contribution in [2.75, 3.05) is 11.5 Å². The van der Waals surface area contributed by atoms with E-state index in [0.29, 0.717) is 23.6 Å². The van der Waals surface area contributed by atoms with Gasteiger partial charge in [-0.2, -0.15) is 0 Å². The first-order valence-electron chi connectivity index (χ1n) is 6.51. The van der Waals surface area contributed by atoms with Crippen molar-refractivity contribution in [2.45, 2.75) is 57.5 Å². The van der Waals surface area contributed by atoms with Crippen LogP contribution in [0.25, 0.3) is 0 Å². The van der Waals surface area contributed by atoms with Gasteiger partial charge in [-0.3, -0.25) is 0 Å². The summed E-state index contributed by atoms with van der Waals surface area (Å²) in [7, 11) is -2.71. The molecule has 0 aromatic carbocycles. The summed E-state index contributed by atoms with van der Waals surface area (Å²) in [5.74, 6) is 1.68. The molecule has 0 radical (unpaired) electrons. The SMILES string of the molecule is CC(CC1CCC1)NC1CCS(=O)(=O)CC1. The van der Waals surface area contributed by atoms with E-state index in [2.05, 4.69) is 12.2 Å². The first-order chi connectivity index (χ1) is 7.55. The third-order valence-electron chi connectivity index (χ3n) is 3.99. The minimum atomic E-state index is -2.71. The lowest BCUT2D eigenvalue weighted by atomic mass is 9.81. The second-order valence-corrected chi connectivity index (χ2v) is 7.83. The van der Waals surface area contributed by atoms with Crippen LogP contribution in [0.2, 0.25) is 0 Å². The Bertz CT molecular complexity index is 308. The lowest BCUT2D eigenvalue weighted by Crippen LogP contribution is -2.43. The van der Waals surface area contributed by atoms with Crippen LogP contribution >= 0.6 is 0 Å². The fourth-order valence-corrected chi connectivity index (χ4v) is 4.25. The zero-order chi connectivity index (χ0) is 11.6. The average Bonchev–Trinajstić information content (AvgIpc) is 2.15. The van der Waals surface area contributed by atoms with Crippen molar-refractivity contribution in [2.24, 2.45) is 5.92 Å². The van der Waals surface area contributed by atoms with Gasteiger partial charge in [-0.25, -0.2) is 8.42 Å². The highest BCUT2D eigenvalue weighted by Crippen LogP contribution is 2.30. The molecule has 16 heavy (non-hydrogen) atoms. The maximum atomic E-state index is 11.3. The van der Waals surface area contributed by atoms with Gasteiger partial charge >= 0.3 is 0 Å². The van der Waals surface area contributed by atoms with Gasteiger partial charge in [0.1, 0.15) is 9.84 Å². The summed E-state index contributed by atoms with van der Waals surface area (Å²) in [5.41, 5.74) is 0. The Hall–Kier alpha value is -0.0900. The van der Waals surface area contributed by atoms with Gasteiger partial charge in [0.25, 0.3) is 0 Å². The molecule has 1 aliphatic carbocycles. The van der Waals surface area contributed by atoms with Crippen molar-refractivity contribution in [3.63, 3.8) is 0 Å². The van der Waals surface area contributed by atoms with Crippen LogP contribution in [0.1, 0.15) is 45.4 Å². The maximum Gasteiger partial charge on any atom is 0.150 e. The monoisotopic (exact) mass is 245 g/mol. The number of hydrogen-bond acceptors (Lipinski definition) is 3. The molecule has 1 unspecified atom stereocenters. The van der Waals surface area contributed by atoms with E-state index < -0.39 is 9.84 Å². The number of nitrogens with one attached hydrogen (secondary N) is 1. The minimum absolute atomic E-state index is 0.376. The topological polar surface area (TPSA) is 46.2 Å². The van der Waals surface area contributed by atoms with Crippen molar-refractivity contribution < 1.29 is 8.42 Å². The molecule has 2 fully saturated rings. The van der Waals surface area contributed by atoms with Gasteiger partial charge in [0.15, 0.2) is 0 Å². The summed E-state index contributed by atoms with van der Waals surface area (Å²) in [6.07, 6.45) is 7.06. The van der Waals surface area contributed by atoms with E-state index >= 15 is 0 Å². The number of sulfone groups is 1. The molecule has 3 nitrogen and oxygen atoms in total. The molecule has 1 heterocycles. The number of hydrogen-bond donors (Lipinski definition) is 1. The van der Waals surface area contributed by atoms with E-state index in [-0.39, 0.29) is 0 Å². The molecular weight excluding hydrogens is 222 g/mol. The third-order valence-corrected chi connectivity index (χ3v) is 5.70. The molecule has 0 aromatic rings. The van der Waals surface area contributed by atoms with E-state index in [1.165, 1.54) is 25.7 Å². The van der Waals surface area contributed by atoms with Crippen LogP contribution in [-0.4, -0.2) is 32.0 Å². The largest absolute Gasteiger partial charge is 0.311 e. The van der Waals surface area contributed by atoms with Gasteiger partial charge in [0.2, 0.25) is 0 Å². The quantitative estimate of drug-likeness (QED) is 0.820. The molecule has 0 amide bonds. The molecule has 1 saturated heterocycles. The predicted molar refractivity (Wildman–Crippen MR) is 66.2 cm³/mol. The minimum Gasteiger partial charge on any atom is -0.311 e. The highest BCUT2D eigenvalue weighted by Gasteiger charge is 2.26. The molecule has 2 aliphatic rings. The smallest absolute Gasteiger partial charge is 0.150 e. The summed E-state index contributed by atoms with van der Waals surface area (Å²) in [4.78, 5) is 0. The lowest BCUT2D eigenvalue weighted by Gasteiger charge is -2.32. The third kappa shape index (κ3) is 3.45. The van der Waals surface area contributed by atoms with Gasteiger partial charge < -0.3 is 5.32 Å². The molecule has 2 rings (SSSR count). The zero-order valence-corrected chi connectivity index (χ0v) is 10.9. The van der Waals surface area contributed by atoms with Crippen LogP contribution in [0, 0.1) is 5.92 Å². The van der Waals surface area contributed by atoms with Crippen LogP contribution in [0.4, 0.5) is 0 Å². The van der Waals surface area contributed by atoms with E-state index in [0.717, 1.165) is 18.8 Å². The van der Waals surface area contributed by atoms with Crippen LogP contribution in [0.3, 0.4) is 0 Å². The van der Waals surface area contributed by atoms with Crippen molar-refractivity contribution in [1.82, 2.24) is 5.32 Å². The summed E-state index contributed by atoms with van der Waals surface area (Å²) < 4.78 is 22.6. The molecule has 94 valence electrons. The molecule has 0 bridgehead atoms. The molecule has 4 heteroatoms. The van der Waals surface area contributed by atoms with Crippen LogP contribution in [-0.2, 0) is 9.84 Å².